The molecule has 0 unspecified atom stereocenters. The summed E-state index contributed by atoms with van der Waals surface area (Å²) < 4.78 is 0. The van der Waals surface area contributed by atoms with E-state index >= 15 is 0 Å². The molecule has 0 aliphatic rings. The molecule has 0 bridgehead atoms. The smallest absolute Gasteiger partial charge is 0.0410 e. The van der Waals surface area contributed by atoms with Gasteiger partial charge in [-0.15, -0.1) is 0 Å². The molecule has 1 aromatic rings. The summed E-state index contributed by atoms with van der Waals surface area (Å²) in [7, 11) is 0. The molecule has 0 spiro atoms. The van der Waals surface area contributed by atoms with Crippen molar-refractivity contribution in [2.75, 3.05) is 13.1 Å². The van der Waals surface area contributed by atoms with Crippen LogP contribution in [-0.2, 0) is 5.54 Å². The molecule has 0 saturated heterocycles. The third-order valence-electron chi connectivity index (χ3n) is 3.00. The first kappa shape index (κ1) is 13.2. The van der Waals surface area contributed by atoms with Gasteiger partial charge in [-0.25, -0.2) is 0 Å². The fraction of sp³-hybridized carbons (Fsp3) is 0.538. The van der Waals surface area contributed by atoms with Crippen molar-refractivity contribution in [1.29, 1.82) is 0 Å². The third kappa shape index (κ3) is 3.59. The van der Waals surface area contributed by atoms with Crippen molar-refractivity contribution in [3.05, 3.63) is 35.9 Å². The Labute approximate surface area is 98.0 Å². The molecule has 0 aromatic heterocycles. The molecule has 1 aromatic carbocycles. The molecule has 16 heavy (non-hydrogen) atoms. The maximum Gasteiger partial charge on any atom is 0.0410 e. The molecule has 6 N–H and O–H groups in total. The molecule has 1 rings (SSSR count). The van der Waals surface area contributed by atoms with Gasteiger partial charge in [0, 0.05) is 5.54 Å². The molecule has 3 heteroatoms. The van der Waals surface area contributed by atoms with E-state index in [0.29, 0.717) is 13.1 Å². The van der Waals surface area contributed by atoms with E-state index in [1.54, 1.807) is 0 Å². The van der Waals surface area contributed by atoms with Crippen LogP contribution >= 0.6 is 0 Å². The first-order chi connectivity index (χ1) is 7.73. The van der Waals surface area contributed by atoms with Gasteiger partial charge in [-0.1, -0.05) is 30.3 Å². The lowest BCUT2D eigenvalue weighted by molar-refractivity contribution is 0.361. The van der Waals surface area contributed by atoms with Crippen LogP contribution in [0.1, 0.15) is 31.2 Å². The average molecular weight is 221 g/mol. The van der Waals surface area contributed by atoms with Crippen molar-refractivity contribution in [3.8, 4) is 0 Å². The molecule has 0 saturated carbocycles. The minimum Gasteiger partial charge on any atom is -0.330 e. The van der Waals surface area contributed by atoms with Gasteiger partial charge < -0.3 is 17.2 Å². The predicted molar refractivity (Wildman–Crippen MR) is 68.9 cm³/mol. The topological polar surface area (TPSA) is 78.1 Å². The van der Waals surface area contributed by atoms with E-state index in [2.05, 4.69) is 12.1 Å². The Morgan fingerprint density at radius 1 is 0.875 bits per heavy atom. The minimum atomic E-state index is -0.264. The summed E-state index contributed by atoms with van der Waals surface area (Å²) >= 11 is 0. The Balaban J connectivity index is 2.77. The van der Waals surface area contributed by atoms with Crippen molar-refractivity contribution >= 4 is 0 Å². The summed E-state index contributed by atoms with van der Waals surface area (Å²) in [5, 5.41) is 0. The lowest BCUT2D eigenvalue weighted by Gasteiger charge is -2.30. The summed E-state index contributed by atoms with van der Waals surface area (Å²) in [6, 6.07) is 10.2. The summed E-state index contributed by atoms with van der Waals surface area (Å²) in [6.45, 7) is 1.38. The molecule has 90 valence electrons. The van der Waals surface area contributed by atoms with Crippen LogP contribution in [-0.4, -0.2) is 13.1 Å². The highest BCUT2D eigenvalue weighted by molar-refractivity contribution is 5.23. The number of hydrogen-bond acceptors (Lipinski definition) is 3. The van der Waals surface area contributed by atoms with Crippen molar-refractivity contribution in [3.63, 3.8) is 0 Å². The third-order valence-corrected chi connectivity index (χ3v) is 3.00. The Kier molecular flexibility index (Phi) is 5.46. The van der Waals surface area contributed by atoms with Crippen molar-refractivity contribution < 1.29 is 0 Å². The largest absolute Gasteiger partial charge is 0.330 e. The SMILES string of the molecule is NCCCC(N)(CCCN)c1ccccc1. The molecular weight excluding hydrogens is 198 g/mol. The minimum absolute atomic E-state index is 0.264. The first-order valence-electron chi connectivity index (χ1n) is 5.97. The van der Waals surface area contributed by atoms with Crippen molar-refractivity contribution in [2.45, 2.75) is 31.2 Å². The molecule has 0 amide bonds. The van der Waals surface area contributed by atoms with Gasteiger partial charge in [0.1, 0.15) is 0 Å². The van der Waals surface area contributed by atoms with Crippen LogP contribution in [0.2, 0.25) is 0 Å². The van der Waals surface area contributed by atoms with Gasteiger partial charge in [0.15, 0.2) is 0 Å². The Hall–Kier alpha value is -0.900. The second kappa shape index (κ2) is 6.63. The quantitative estimate of drug-likeness (QED) is 0.649. The molecule has 0 aliphatic carbocycles. The van der Waals surface area contributed by atoms with Crippen molar-refractivity contribution in [1.82, 2.24) is 0 Å². The van der Waals surface area contributed by atoms with E-state index in [1.807, 2.05) is 18.2 Å². The van der Waals surface area contributed by atoms with Gasteiger partial charge in [-0.2, -0.15) is 0 Å². The molecular formula is C13H23N3. The molecule has 0 heterocycles. The Bertz CT molecular complexity index is 276. The summed E-state index contributed by atoms with van der Waals surface area (Å²) in [6.07, 6.45) is 3.76. The Morgan fingerprint density at radius 2 is 1.38 bits per heavy atom. The number of rotatable bonds is 7. The van der Waals surface area contributed by atoms with Crippen LogP contribution in [0.25, 0.3) is 0 Å². The van der Waals surface area contributed by atoms with E-state index in [-0.39, 0.29) is 5.54 Å². The first-order valence-corrected chi connectivity index (χ1v) is 5.97. The van der Waals surface area contributed by atoms with Crippen LogP contribution in [0.15, 0.2) is 30.3 Å². The van der Waals surface area contributed by atoms with Gasteiger partial charge in [-0.3, -0.25) is 0 Å². The van der Waals surface area contributed by atoms with Gasteiger partial charge in [0.25, 0.3) is 0 Å². The highest BCUT2D eigenvalue weighted by atomic mass is 14.7. The zero-order chi connectivity index (χ0) is 11.9. The predicted octanol–water partition coefficient (Wildman–Crippen LogP) is 1.32. The van der Waals surface area contributed by atoms with Gasteiger partial charge in [0.2, 0.25) is 0 Å². The molecule has 3 nitrogen and oxygen atoms in total. The van der Waals surface area contributed by atoms with E-state index in [4.69, 9.17) is 17.2 Å². The maximum atomic E-state index is 6.48. The van der Waals surface area contributed by atoms with Gasteiger partial charge >= 0.3 is 0 Å². The zero-order valence-corrected chi connectivity index (χ0v) is 9.86. The van der Waals surface area contributed by atoms with Crippen LogP contribution < -0.4 is 17.2 Å². The number of nitrogens with two attached hydrogens (primary N) is 3. The molecule has 0 radical (unpaired) electrons. The lowest BCUT2D eigenvalue weighted by atomic mass is 9.82. The van der Waals surface area contributed by atoms with Crippen LogP contribution in [0.4, 0.5) is 0 Å². The maximum absolute atomic E-state index is 6.48. The second-order valence-electron chi connectivity index (χ2n) is 4.31. The molecule has 0 fully saturated rings. The molecule has 0 atom stereocenters. The monoisotopic (exact) mass is 221 g/mol. The van der Waals surface area contributed by atoms with E-state index in [9.17, 15) is 0 Å². The lowest BCUT2D eigenvalue weighted by Crippen LogP contribution is -2.37. The normalized spacial score (nSPS) is 11.7. The summed E-state index contributed by atoms with van der Waals surface area (Å²) in [5.74, 6) is 0. The number of hydrogen-bond donors (Lipinski definition) is 3. The zero-order valence-electron chi connectivity index (χ0n) is 9.86. The van der Waals surface area contributed by atoms with Crippen molar-refractivity contribution in [2.24, 2.45) is 17.2 Å². The van der Waals surface area contributed by atoms with E-state index in [1.165, 1.54) is 5.56 Å². The second-order valence-corrected chi connectivity index (χ2v) is 4.31. The van der Waals surface area contributed by atoms with Gasteiger partial charge in [-0.05, 0) is 44.3 Å². The summed E-state index contributed by atoms with van der Waals surface area (Å²) in [5.41, 5.74) is 18.5. The van der Waals surface area contributed by atoms with Crippen LogP contribution in [0.3, 0.4) is 0 Å². The van der Waals surface area contributed by atoms with E-state index < -0.39 is 0 Å². The fourth-order valence-corrected chi connectivity index (χ4v) is 2.02. The molecule has 0 aliphatic heterocycles. The Morgan fingerprint density at radius 3 is 1.81 bits per heavy atom. The van der Waals surface area contributed by atoms with Crippen LogP contribution in [0, 0.1) is 0 Å². The summed E-state index contributed by atoms with van der Waals surface area (Å²) in [4.78, 5) is 0. The number of benzene rings is 1. The highest BCUT2D eigenvalue weighted by Gasteiger charge is 2.25. The van der Waals surface area contributed by atoms with E-state index in [0.717, 1.165) is 25.7 Å². The standard InChI is InChI=1S/C13H23N3/c14-10-4-8-13(16,9-5-11-15)12-6-2-1-3-7-12/h1-3,6-7H,4-5,8-11,14-16H2. The fourth-order valence-electron chi connectivity index (χ4n) is 2.02. The van der Waals surface area contributed by atoms with Gasteiger partial charge in [0.05, 0.1) is 0 Å². The van der Waals surface area contributed by atoms with Crippen LogP contribution in [0.5, 0.6) is 0 Å². The highest BCUT2D eigenvalue weighted by Crippen LogP contribution is 2.28. The average Bonchev–Trinajstić information content (AvgIpc) is 2.35.